The van der Waals surface area contributed by atoms with E-state index in [0.717, 1.165) is 0 Å². The molecule has 0 rings (SSSR count). The number of hydrogen-bond acceptors (Lipinski definition) is 6. The second kappa shape index (κ2) is 114. The van der Waals surface area contributed by atoms with Crippen LogP contribution in [0.2, 0.25) is 0 Å². The summed E-state index contributed by atoms with van der Waals surface area (Å²) < 4.78 is 0. The Labute approximate surface area is 157 Å². The molecule has 0 heterocycles. The molecule has 0 amide bonds. The molecule has 19 heteroatoms. The SMILES string of the molecule is O.O.O.O.O.O.O.O.[Mg+2].[Mg+2].[Mg+2].[O-]B([O-])[O-].[O-]B([O-])[O-]. The van der Waals surface area contributed by atoms with Gasteiger partial charge >= 0.3 is 69.2 Å². The summed E-state index contributed by atoms with van der Waals surface area (Å²) in [5.41, 5.74) is 0. The van der Waals surface area contributed by atoms with Gasteiger partial charge in [-0.3, -0.25) is 14.6 Å². The zero-order chi connectivity index (χ0) is 7.15. The molecular weight excluding hydrogens is 319 g/mol. The predicted octanol–water partition coefficient (Wildman–Crippen LogP) is -15.6. The van der Waals surface area contributed by atoms with Crippen LogP contribution in [0.15, 0.2) is 0 Å². The molecule has 112 valence electrons. The molecular formula is H16B2Mg3O14. The maximum atomic E-state index is 8.42. The molecule has 0 spiro atoms. The smallest absolute Gasteiger partial charge is 0.907 e. The van der Waals surface area contributed by atoms with Gasteiger partial charge in [-0.25, -0.2) is 0 Å². The fourth-order valence-corrected chi connectivity index (χ4v) is 0. The summed E-state index contributed by atoms with van der Waals surface area (Å²) in [4.78, 5) is 0. The van der Waals surface area contributed by atoms with Gasteiger partial charge in [0.05, 0.1) is 0 Å². The summed E-state index contributed by atoms with van der Waals surface area (Å²) in [5, 5.41) is 50.5. The first-order valence-electron chi connectivity index (χ1n) is 1.41. The molecule has 0 radical (unpaired) electrons. The standard InChI is InChI=1S/2BO3.3Mg.8H2O/c2*2-1(3)4;;;;;;;;;;;/h;;;;;8*1H2/q2*-3;3*+2;;;;;;;;. The van der Waals surface area contributed by atoms with Crippen molar-refractivity contribution in [1.82, 2.24) is 0 Å². The van der Waals surface area contributed by atoms with E-state index < -0.39 is 14.6 Å². The van der Waals surface area contributed by atoms with Crippen molar-refractivity contribution in [3.05, 3.63) is 0 Å². The van der Waals surface area contributed by atoms with E-state index >= 15 is 0 Å². The Hall–Kier alpha value is 1.87. The van der Waals surface area contributed by atoms with Crippen molar-refractivity contribution in [2.45, 2.75) is 0 Å². The first-order chi connectivity index (χ1) is 3.46. The molecule has 0 atom stereocenters. The van der Waals surface area contributed by atoms with Crippen molar-refractivity contribution >= 4 is 83.8 Å². The minimum Gasteiger partial charge on any atom is -0.907 e. The van der Waals surface area contributed by atoms with Gasteiger partial charge in [0.15, 0.2) is 0 Å². The first-order valence-corrected chi connectivity index (χ1v) is 1.41. The summed E-state index contributed by atoms with van der Waals surface area (Å²) in [6.07, 6.45) is 0. The van der Waals surface area contributed by atoms with Crippen LogP contribution in [0.4, 0.5) is 0 Å². The van der Waals surface area contributed by atoms with Crippen LogP contribution in [0.25, 0.3) is 0 Å². The molecule has 0 saturated heterocycles. The van der Waals surface area contributed by atoms with E-state index in [9.17, 15) is 0 Å². The second-order valence-corrected chi connectivity index (χ2v) is 0.577. The van der Waals surface area contributed by atoms with Gasteiger partial charge in [-0.05, 0) is 0 Å². The molecule has 0 aromatic rings. The molecule has 0 aliphatic rings. The molecule has 0 aliphatic heterocycles. The molecule has 0 unspecified atom stereocenters. The maximum absolute atomic E-state index is 8.42. The van der Waals surface area contributed by atoms with Gasteiger partial charge in [0, 0.05) is 0 Å². The van der Waals surface area contributed by atoms with Crippen molar-refractivity contribution in [3.8, 4) is 0 Å². The molecule has 0 aromatic carbocycles. The van der Waals surface area contributed by atoms with E-state index in [0.29, 0.717) is 0 Å². The van der Waals surface area contributed by atoms with Crippen molar-refractivity contribution in [2.75, 3.05) is 0 Å². The van der Waals surface area contributed by atoms with Gasteiger partial charge in [0.1, 0.15) is 0 Å². The molecule has 0 saturated carbocycles. The number of rotatable bonds is 0. The Morgan fingerprint density at radius 1 is 0.316 bits per heavy atom. The second-order valence-electron chi connectivity index (χ2n) is 0.577. The van der Waals surface area contributed by atoms with Crippen molar-refractivity contribution in [1.29, 1.82) is 0 Å². The molecule has 0 aromatic heterocycles. The Morgan fingerprint density at radius 2 is 0.316 bits per heavy atom. The van der Waals surface area contributed by atoms with Crippen LogP contribution in [0.5, 0.6) is 0 Å². The number of hydrogen-bond donors (Lipinski definition) is 0. The molecule has 0 fully saturated rings. The average molecular weight is 335 g/mol. The largest absolute Gasteiger partial charge is 2.00 e. The Morgan fingerprint density at radius 3 is 0.316 bits per heavy atom. The third-order valence-electron chi connectivity index (χ3n) is 0. The van der Waals surface area contributed by atoms with E-state index in [-0.39, 0.29) is 113 Å². The average Bonchev–Trinajstić information content (AvgIpc) is 1.25. The summed E-state index contributed by atoms with van der Waals surface area (Å²) in [7, 11) is -5.83. The first kappa shape index (κ1) is 133. The Bertz CT molecular complexity index is 36.2. The normalized spacial score (nSPS) is 2.84. The van der Waals surface area contributed by atoms with E-state index in [1.165, 1.54) is 0 Å². The summed E-state index contributed by atoms with van der Waals surface area (Å²) in [5.74, 6) is 0. The van der Waals surface area contributed by atoms with Crippen molar-refractivity contribution in [3.63, 3.8) is 0 Å². The van der Waals surface area contributed by atoms with E-state index in [1.807, 2.05) is 0 Å². The molecule has 16 N–H and O–H groups in total. The predicted molar refractivity (Wildman–Crippen MR) is 57.7 cm³/mol. The summed E-state index contributed by atoms with van der Waals surface area (Å²) in [6.45, 7) is 0. The van der Waals surface area contributed by atoms with E-state index in [4.69, 9.17) is 30.1 Å². The van der Waals surface area contributed by atoms with Crippen LogP contribution >= 0.6 is 0 Å². The summed E-state index contributed by atoms with van der Waals surface area (Å²) in [6, 6.07) is 0. The van der Waals surface area contributed by atoms with Gasteiger partial charge < -0.3 is 74.0 Å². The fraction of sp³-hybridized carbons (Fsp3) is 0. The Balaban J connectivity index is -0.00000000218. The topological polar surface area (TPSA) is 390 Å². The Kier molecular flexibility index (Phi) is 800. The van der Waals surface area contributed by atoms with Crippen molar-refractivity contribution in [2.24, 2.45) is 0 Å². The minimum absolute atomic E-state index is 0. The molecule has 14 nitrogen and oxygen atoms in total. The third-order valence-corrected chi connectivity index (χ3v) is 0. The van der Waals surface area contributed by atoms with Crippen LogP contribution < -0.4 is 30.1 Å². The molecule has 0 aliphatic carbocycles. The molecule has 0 bridgehead atoms. The maximum Gasteiger partial charge on any atom is 2.00 e. The van der Waals surface area contributed by atoms with Gasteiger partial charge in [-0.15, -0.1) is 0 Å². The van der Waals surface area contributed by atoms with Crippen LogP contribution in [-0.4, -0.2) is 128 Å². The van der Waals surface area contributed by atoms with Gasteiger partial charge in [-0.1, -0.05) is 0 Å². The van der Waals surface area contributed by atoms with Crippen LogP contribution in [0.1, 0.15) is 0 Å². The zero-order valence-corrected chi connectivity index (χ0v) is 14.0. The van der Waals surface area contributed by atoms with Gasteiger partial charge in [-0.2, -0.15) is 0 Å². The fourth-order valence-electron chi connectivity index (χ4n) is 0. The monoisotopic (exact) mass is 334 g/mol. The van der Waals surface area contributed by atoms with Gasteiger partial charge in [0.2, 0.25) is 0 Å². The quantitative estimate of drug-likeness (QED) is 0.386. The van der Waals surface area contributed by atoms with Crippen LogP contribution in [-0.2, 0) is 0 Å². The summed E-state index contributed by atoms with van der Waals surface area (Å²) >= 11 is 0. The van der Waals surface area contributed by atoms with Crippen molar-refractivity contribution < 1.29 is 74.0 Å². The van der Waals surface area contributed by atoms with Gasteiger partial charge in [0.25, 0.3) is 0 Å². The zero-order valence-electron chi connectivity index (χ0n) is 9.73. The van der Waals surface area contributed by atoms with E-state index in [1.54, 1.807) is 0 Å². The molecule has 19 heavy (non-hydrogen) atoms. The minimum atomic E-state index is -2.92. The van der Waals surface area contributed by atoms with Crippen LogP contribution in [0, 0.1) is 0 Å². The third kappa shape index (κ3) is 1820. The van der Waals surface area contributed by atoms with Crippen LogP contribution in [0.3, 0.4) is 0 Å². The van der Waals surface area contributed by atoms with E-state index in [2.05, 4.69) is 0 Å².